The standard InChI is InChI=1S/C68H53N3/c1-48-22-21-35-65-67(48)62-41-40-58(47-66(62)68(65,2)3)71(57-38-36-50(37-39-57)64-43-52-26-20-19-25-51(52)42-63(64)49-23-9-4-10-24-49)61-45-59(69(53-27-11-5-12-28-53)54-29-13-6-14-30-54)44-60(46-61)70(55-31-15-7-16-32-55)56-33-17-8-18-34-56/h4-47H,1-3H3. The van der Waals surface area contributed by atoms with Gasteiger partial charge in [-0.15, -0.1) is 0 Å². The molecule has 0 amide bonds. The molecular weight excluding hydrogens is 859 g/mol. The van der Waals surface area contributed by atoms with Crippen LogP contribution in [0.15, 0.2) is 267 Å². The molecule has 0 fully saturated rings. The van der Waals surface area contributed by atoms with Gasteiger partial charge >= 0.3 is 0 Å². The number of rotatable bonds is 11. The van der Waals surface area contributed by atoms with Gasteiger partial charge in [0.1, 0.15) is 0 Å². The van der Waals surface area contributed by atoms with Gasteiger partial charge in [-0.05, 0) is 171 Å². The molecule has 0 heterocycles. The fourth-order valence-corrected chi connectivity index (χ4v) is 10.8. The second-order valence-corrected chi connectivity index (χ2v) is 19.1. The van der Waals surface area contributed by atoms with Crippen LogP contribution in [0.4, 0.5) is 51.2 Å². The number of para-hydroxylation sites is 4. The molecule has 0 atom stereocenters. The van der Waals surface area contributed by atoms with Crippen molar-refractivity contribution >= 4 is 62.0 Å². The third-order valence-electron chi connectivity index (χ3n) is 14.3. The Bertz CT molecular complexity index is 3480. The molecule has 3 heteroatoms. The molecule has 3 nitrogen and oxygen atoms in total. The third-order valence-corrected chi connectivity index (χ3v) is 14.3. The molecule has 71 heavy (non-hydrogen) atoms. The zero-order valence-electron chi connectivity index (χ0n) is 40.2. The zero-order chi connectivity index (χ0) is 47.9. The zero-order valence-corrected chi connectivity index (χ0v) is 40.2. The molecule has 340 valence electrons. The van der Waals surface area contributed by atoms with Crippen molar-refractivity contribution in [3.8, 4) is 33.4 Å². The number of hydrogen-bond acceptors (Lipinski definition) is 3. The van der Waals surface area contributed by atoms with Crippen LogP contribution in [0.5, 0.6) is 0 Å². The summed E-state index contributed by atoms with van der Waals surface area (Å²) in [5.41, 5.74) is 20.7. The van der Waals surface area contributed by atoms with Crippen LogP contribution in [0.25, 0.3) is 44.2 Å². The third kappa shape index (κ3) is 8.02. The molecule has 1 aliphatic rings. The minimum atomic E-state index is -0.200. The molecule has 0 saturated carbocycles. The minimum Gasteiger partial charge on any atom is -0.310 e. The fourth-order valence-electron chi connectivity index (χ4n) is 10.8. The Hall–Kier alpha value is -8.92. The molecule has 0 radical (unpaired) electrons. The van der Waals surface area contributed by atoms with E-state index in [-0.39, 0.29) is 5.41 Å². The summed E-state index contributed by atoms with van der Waals surface area (Å²) in [5, 5.41) is 2.45. The normalized spacial score (nSPS) is 12.3. The van der Waals surface area contributed by atoms with Crippen LogP contribution in [0.2, 0.25) is 0 Å². The molecule has 0 aliphatic heterocycles. The van der Waals surface area contributed by atoms with Gasteiger partial charge in [-0.1, -0.05) is 178 Å². The van der Waals surface area contributed by atoms with E-state index in [0.29, 0.717) is 0 Å². The number of anilines is 9. The van der Waals surface area contributed by atoms with Crippen molar-refractivity contribution in [1.29, 1.82) is 0 Å². The fraction of sp³-hybridized carbons (Fsp3) is 0.0588. The predicted octanol–water partition coefficient (Wildman–Crippen LogP) is 19.2. The summed E-state index contributed by atoms with van der Waals surface area (Å²) in [7, 11) is 0. The SMILES string of the molecule is Cc1cccc2c1-c1ccc(N(c3ccc(-c4cc5ccccc5cc4-c4ccccc4)cc3)c3cc(N(c4ccccc4)c4ccccc4)cc(N(c4ccccc4)c4ccccc4)c3)cc1C2(C)C. The van der Waals surface area contributed by atoms with Gasteiger partial charge in [0.05, 0.1) is 17.1 Å². The highest BCUT2D eigenvalue weighted by Crippen LogP contribution is 2.53. The largest absolute Gasteiger partial charge is 0.310 e. The van der Waals surface area contributed by atoms with Crippen LogP contribution < -0.4 is 14.7 Å². The van der Waals surface area contributed by atoms with Crippen molar-refractivity contribution in [1.82, 2.24) is 0 Å². The lowest BCUT2D eigenvalue weighted by molar-refractivity contribution is 0.660. The predicted molar refractivity (Wildman–Crippen MR) is 301 cm³/mol. The number of benzene rings is 11. The van der Waals surface area contributed by atoms with E-state index < -0.39 is 0 Å². The van der Waals surface area contributed by atoms with Crippen molar-refractivity contribution < 1.29 is 0 Å². The average Bonchev–Trinajstić information content (AvgIpc) is 3.66. The average molecular weight is 912 g/mol. The molecule has 11 aromatic carbocycles. The Balaban J connectivity index is 1.11. The smallest absolute Gasteiger partial charge is 0.0503 e. The van der Waals surface area contributed by atoms with Crippen LogP contribution in [0.1, 0.15) is 30.5 Å². The maximum absolute atomic E-state index is 2.46. The molecule has 12 rings (SSSR count). The topological polar surface area (TPSA) is 9.72 Å². The van der Waals surface area contributed by atoms with E-state index in [1.54, 1.807) is 0 Å². The van der Waals surface area contributed by atoms with Gasteiger partial charge in [0.25, 0.3) is 0 Å². The lowest BCUT2D eigenvalue weighted by Gasteiger charge is -2.33. The van der Waals surface area contributed by atoms with E-state index in [2.05, 4.69) is 302 Å². The second kappa shape index (κ2) is 18.2. The van der Waals surface area contributed by atoms with Crippen molar-refractivity contribution in [3.05, 3.63) is 284 Å². The molecule has 0 N–H and O–H groups in total. The van der Waals surface area contributed by atoms with Crippen LogP contribution >= 0.6 is 0 Å². The summed E-state index contributed by atoms with van der Waals surface area (Å²) in [4.78, 5) is 7.21. The van der Waals surface area contributed by atoms with Crippen molar-refractivity contribution in [2.75, 3.05) is 14.7 Å². The van der Waals surface area contributed by atoms with E-state index in [4.69, 9.17) is 0 Å². The summed E-state index contributed by atoms with van der Waals surface area (Å²) in [5.74, 6) is 0. The molecule has 0 aromatic heterocycles. The molecule has 1 aliphatic carbocycles. The van der Waals surface area contributed by atoms with Crippen LogP contribution in [-0.4, -0.2) is 0 Å². The molecule has 11 aromatic rings. The summed E-state index contributed by atoms with van der Waals surface area (Å²) in [6.07, 6.45) is 0. The van der Waals surface area contributed by atoms with Crippen LogP contribution in [0.3, 0.4) is 0 Å². The number of aryl methyl sites for hydroxylation is 1. The van der Waals surface area contributed by atoms with E-state index in [1.165, 1.54) is 55.3 Å². The monoisotopic (exact) mass is 911 g/mol. The first-order valence-electron chi connectivity index (χ1n) is 24.6. The first-order chi connectivity index (χ1) is 34.9. The Morgan fingerprint density at radius 1 is 0.268 bits per heavy atom. The van der Waals surface area contributed by atoms with Crippen molar-refractivity contribution in [2.45, 2.75) is 26.2 Å². The molecule has 0 unspecified atom stereocenters. The molecule has 0 saturated heterocycles. The van der Waals surface area contributed by atoms with E-state index in [9.17, 15) is 0 Å². The summed E-state index contributed by atoms with van der Waals surface area (Å²) in [6, 6.07) is 97.2. The maximum Gasteiger partial charge on any atom is 0.0503 e. The summed E-state index contributed by atoms with van der Waals surface area (Å²) in [6.45, 7) is 7.00. The van der Waals surface area contributed by atoms with Crippen molar-refractivity contribution in [3.63, 3.8) is 0 Å². The first-order valence-corrected chi connectivity index (χ1v) is 24.6. The van der Waals surface area contributed by atoms with Gasteiger partial charge in [-0.3, -0.25) is 0 Å². The maximum atomic E-state index is 2.46. The van der Waals surface area contributed by atoms with Gasteiger partial charge in [0.2, 0.25) is 0 Å². The summed E-state index contributed by atoms with van der Waals surface area (Å²) < 4.78 is 0. The second-order valence-electron chi connectivity index (χ2n) is 19.1. The minimum absolute atomic E-state index is 0.200. The summed E-state index contributed by atoms with van der Waals surface area (Å²) >= 11 is 0. The molecule has 0 spiro atoms. The highest BCUT2D eigenvalue weighted by atomic mass is 15.2. The number of hydrogen-bond donors (Lipinski definition) is 0. The van der Waals surface area contributed by atoms with Gasteiger partial charge in [-0.25, -0.2) is 0 Å². The van der Waals surface area contributed by atoms with Gasteiger partial charge < -0.3 is 14.7 Å². The molecular formula is C68H53N3. The lowest BCUT2D eigenvalue weighted by atomic mass is 9.82. The van der Waals surface area contributed by atoms with Crippen molar-refractivity contribution in [2.24, 2.45) is 0 Å². The molecule has 0 bridgehead atoms. The Morgan fingerprint density at radius 2 is 0.648 bits per heavy atom. The number of nitrogens with zero attached hydrogens (tertiary/aromatic N) is 3. The van der Waals surface area contributed by atoms with Gasteiger partial charge in [-0.2, -0.15) is 0 Å². The van der Waals surface area contributed by atoms with Gasteiger partial charge in [0.15, 0.2) is 0 Å². The van der Waals surface area contributed by atoms with E-state index in [0.717, 1.165) is 56.7 Å². The Labute approximate surface area is 417 Å². The van der Waals surface area contributed by atoms with Crippen LogP contribution in [0, 0.1) is 6.92 Å². The van der Waals surface area contributed by atoms with Crippen LogP contribution in [-0.2, 0) is 5.41 Å². The van der Waals surface area contributed by atoms with Gasteiger partial charge in [0, 0.05) is 39.5 Å². The quantitative estimate of drug-likeness (QED) is 0.128. The first kappa shape index (κ1) is 43.4. The lowest BCUT2D eigenvalue weighted by Crippen LogP contribution is -2.18. The Kier molecular flexibility index (Phi) is 11.1. The van der Waals surface area contributed by atoms with E-state index >= 15 is 0 Å². The number of fused-ring (bicyclic) bond motifs is 4. The Morgan fingerprint density at radius 3 is 1.11 bits per heavy atom. The highest BCUT2D eigenvalue weighted by Gasteiger charge is 2.37. The highest BCUT2D eigenvalue weighted by molar-refractivity contribution is 5.97. The van der Waals surface area contributed by atoms with E-state index in [1.807, 2.05) is 0 Å².